The molecule has 94 valence electrons. The van der Waals surface area contributed by atoms with Gasteiger partial charge in [0, 0.05) is 11.8 Å². The summed E-state index contributed by atoms with van der Waals surface area (Å²) in [5, 5.41) is 18.2. The van der Waals surface area contributed by atoms with Gasteiger partial charge in [0.1, 0.15) is 5.75 Å². The van der Waals surface area contributed by atoms with Crippen molar-refractivity contribution in [1.82, 2.24) is 15.2 Å². The van der Waals surface area contributed by atoms with Gasteiger partial charge in [0.25, 0.3) is 5.95 Å². The Bertz CT molecular complexity index is 763. The first kappa shape index (κ1) is 11.2. The molecule has 0 fully saturated rings. The van der Waals surface area contributed by atoms with Gasteiger partial charge >= 0.3 is 0 Å². The number of nitrogens with zero attached hydrogens (tertiary/aromatic N) is 3. The molecule has 0 unspecified atom stereocenters. The van der Waals surface area contributed by atoms with Crippen molar-refractivity contribution in [2.45, 2.75) is 0 Å². The first-order chi connectivity index (χ1) is 9.24. The molecule has 0 aliphatic carbocycles. The molecule has 4 N–H and O–H groups in total. The highest BCUT2D eigenvalue weighted by molar-refractivity contribution is 6.02. The number of phenols is 1. The van der Waals surface area contributed by atoms with Crippen LogP contribution in [0.4, 0.5) is 11.9 Å². The lowest BCUT2D eigenvalue weighted by atomic mass is 10.0. The van der Waals surface area contributed by atoms with E-state index in [0.717, 1.165) is 10.8 Å². The molecule has 0 saturated carbocycles. The molecule has 3 rings (SSSR count). The minimum absolute atomic E-state index is 0.158. The van der Waals surface area contributed by atoms with Crippen LogP contribution in [0.15, 0.2) is 41.4 Å². The zero-order valence-corrected chi connectivity index (χ0v) is 9.91. The summed E-state index contributed by atoms with van der Waals surface area (Å²) in [6, 6.07) is 11.2. The van der Waals surface area contributed by atoms with Crippen molar-refractivity contribution in [3.63, 3.8) is 0 Å². The molecule has 0 spiro atoms. The van der Waals surface area contributed by atoms with Crippen LogP contribution in [-0.2, 0) is 0 Å². The van der Waals surface area contributed by atoms with Crippen LogP contribution < -0.4 is 5.73 Å². The second kappa shape index (κ2) is 4.41. The molecule has 0 aliphatic rings. The van der Waals surface area contributed by atoms with E-state index >= 15 is 0 Å². The maximum atomic E-state index is 9.93. The van der Waals surface area contributed by atoms with Gasteiger partial charge in [0.05, 0.1) is 0 Å². The normalized spacial score (nSPS) is 11.4. The standard InChI is InChI=1S/C13H11N5O/c14-12-16-13(18-17-12)15-7-10-9-4-2-1-3-8(9)5-6-11(10)19/h1-7,19H,(H3,14,16,17,18)/b15-7+. The van der Waals surface area contributed by atoms with E-state index in [4.69, 9.17) is 5.73 Å². The summed E-state index contributed by atoms with van der Waals surface area (Å²) < 4.78 is 0. The lowest BCUT2D eigenvalue weighted by Gasteiger charge is -2.03. The fraction of sp³-hybridized carbons (Fsp3) is 0. The monoisotopic (exact) mass is 253 g/mol. The first-order valence-electron chi connectivity index (χ1n) is 5.67. The van der Waals surface area contributed by atoms with Gasteiger partial charge in [-0.3, -0.25) is 0 Å². The van der Waals surface area contributed by atoms with Crippen molar-refractivity contribution >= 4 is 28.9 Å². The van der Waals surface area contributed by atoms with Crippen molar-refractivity contribution < 1.29 is 5.11 Å². The van der Waals surface area contributed by atoms with Gasteiger partial charge in [-0.25, -0.2) is 10.1 Å². The number of nitrogens with one attached hydrogen (secondary N) is 1. The number of benzene rings is 2. The fourth-order valence-electron chi connectivity index (χ4n) is 1.86. The number of aromatic amines is 1. The van der Waals surface area contributed by atoms with Crippen LogP contribution in [0.1, 0.15) is 5.56 Å². The Balaban J connectivity index is 2.09. The second-order valence-electron chi connectivity index (χ2n) is 4.00. The molecule has 0 aliphatic heterocycles. The van der Waals surface area contributed by atoms with E-state index in [1.165, 1.54) is 6.21 Å². The fourth-order valence-corrected chi connectivity index (χ4v) is 1.86. The van der Waals surface area contributed by atoms with Crippen molar-refractivity contribution in [3.05, 3.63) is 42.0 Å². The Labute approximate surface area is 108 Å². The summed E-state index contributed by atoms with van der Waals surface area (Å²) in [6.45, 7) is 0. The molecule has 2 aromatic carbocycles. The first-order valence-corrected chi connectivity index (χ1v) is 5.67. The quantitative estimate of drug-likeness (QED) is 0.608. The molecule has 1 heterocycles. The number of hydrogen-bond donors (Lipinski definition) is 3. The van der Waals surface area contributed by atoms with E-state index < -0.39 is 0 Å². The van der Waals surface area contributed by atoms with Crippen molar-refractivity contribution in [2.24, 2.45) is 4.99 Å². The van der Waals surface area contributed by atoms with Crippen LogP contribution in [-0.4, -0.2) is 26.5 Å². The van der Waals surface area contributed by atoms with Gasteiger partial charge in [-0.2, -0.15) is 4.98 Å². The number of rotatable bonds is 2. The molecular weight excluding hydrogens is 242 g/mol. The zero-order chi connectivity index (χ0) is 13.2. The number of phenolic OH excluding ortho intramolecular Hbond substituents is 1. The van der Waals surface area contributed by atoms with Crippen molar-refractivity contribution in [3.8, 4) is 5.75 Å². The van der Waals surface area contributed by atoms with E-state index in [2.05, 4.69) is 20.2 Å². The topological polar surface area (TPSA) is 100 Å². The van der Waals surface area contributed by atoms with E-state index in [0.29, 0.717) is 5.56 Å². The van der Waals surface area contributed by atoms with Crippen LogP contribution in [0, 0.1) is 0 Å². The summed E-state index contributed by atoms with van der Waals surface area (Å²) in [6.07, 6.45) is 1.53. The minimum atomic E-state index is 0.158. The predicted molar refractivity (Wildman–Crippen MR) is 73.7 cm³/mol. The third-order valence-electron chi connectivity index (χ3n) is 2.75. The van der Waals surface area contributed by atoms with E-state index in [1.54, 1.807) is 6.07 Å². The lowest BCUT2D eigenvalue weighted by Crippen LogP contribution is -1.86. The smallest absolute Gasteiger partial charge is 0.269 e. The van der Waals surface area contributed by atoms with Crippen LogP contribution in [0.25, 0.3) is 10.8 Å². The number of hydrogen-bond acceptors (Lipinski definition) is 5. The average molecular weight is 253 g/mol. The summed E-state index contributed by atoms with van der Waals surface area (Å²) in [7, 11) is 0. The number of nitrogens with two attached hydrogens (primary N) is 1. The lowest BCUT2D eigenvalue weighted by molar-refractivity contribution is 0.475. The molecular formula is C13H11N5O. The van der Waals surface area contributed by atoms with Crippen LogP contribution in [0.3, 0.4) is 0 Å². The highest BCUT2D eigenvalue weighted by Crippen LogP contribution is 2.25. The molecule has 0 bridgehead atoms. The van der Waals surface area contributed by atoms with Crippen LogP contribution in [0.2, 0.25) is 0 Å². The van der Waals surface area contributed by atoms with Gasteiger partial charge < -0.3 is 10.8 Å². The number of H-pyrrole nitrogens is 1. The predicted octanol–water partition coefficient (Wildman–Crippen LogP) is 2.00. The molecule has 0 amide bonds. The van der Waals surface area contributed by atoms with Gasteiger partial charge in [0.2, 0.25) is 5.95 Å². The number of anilines is 1. The largest absolute Gasteiger partial charge is 0.507 e. The second-order valence-corrected chi connectivity index (χ2v) is 4.00. The summed E-state index contributed by atoms with van der Waals surface area (Å²) in [4.78, 5) is 7.96. The summed E-state index contributed by atoms with van der Waals surface area (Å²) in [5.41, 5.74) is 6.04. The number of fused-ring (bicyclic) bond motifs is 1. The third-order valence-corrected chi connectivity index (χ3v) is 2.75. The Morgan fingerprint density at radius 2 is 2.05 bits per heavy atom. The van der Waals surface area contributed by atoms with Gasteiger partial charge in [-0.1, -0.05) is 30.3 Å². The summed E-state index contributed by atoms with van der Waals surface area (Å²) in [5.74, 6) is 0.588. The van der Waals surface area contributed by atoms with Crippen LogP contribution >= 0.6 is 0 Å². The maximum absolute atomic E-state index is 9.93. The third kappa shape index (κ3) is 2.11. The Morgan fingerprint density at radius 3 is 2.84 bits per heavy atom. The number of aromatic nitrogens is 3. The molecule has 6 heteroatoms. The minimum Gasteiger partial charge on any atom is -0.507 e. The number of nitrogen functional groups attached to an aromatic ring is 1. The highest BCUT2D eigenvalue weighted by atomic mass is 16.3. The van der Waals surface area contributed by atoms with Gasteiger partial charge in [-0.05, 0) is 16.8 Å². The number of aromatic hydroxyl groups is 1. The molecule has 3 aromatic rings. The average Bonchev–Trinajstić information content (AvgIpc) is 2.83. The molecule has 0 atom stereocenters. The maximum Gasteiger partial charge on any atom is 0.269 e. The Hall–Kier alpha value is -2.89. The van der Waals surface area contributed by atoms with Gasteiger partial charge in [0.15, 0.2) is 0 Å². The summed E-state index contributed by atoms with van der Waals surface area (Å²) >= 11 is 0. The van der Waals surface area contributed by atoms with Crippen molar-refractivity contribution in [2.75, 3.05) is 5.73 Å². The SMILES string of the molecule is Nc1nc(/N=C/c2c(O)ccc3ccccc23)n[nH]1. The highest BCUT2D eigenvalue weighted by Gasteiger charge is 2.04. The Morgan fingerprint density at radius 1 is 1.21 bits per heavy atom. The molecule has 0 radical (unpaired) electrons. The molecule has 1 aromatic heterocycles. The molecule has 19 heavy (non-hydrogen) atoms. The van der Waals surface area contributed by atoms with E-state index in [1.807, 2.05) is 30.3 Å². The zero-order valence-electron chi connectivity index (χ0n) is 9.91. The van der Waals surface area contributed by atoms with Crippen molar-refractivity contribution in [1.29, 1.82) is 0 Å². The Kier molecular flexibility index (Phi) is 2.60. The van der Waals surface area contributed by atoms with E-state index in [9.17, 15) is 5.11 Å². The number of aliphatic imine (C=N–C) groups is 1. The molecule has 0 saturated heterocycles. The molecule has 6 nitrogen and oxygen atoms in total. The van der Waals surface area contributed by atoms with E-state index in [-0.39, 0.29) is 17.6 Å². The van der Waals surface area contributed by atoms with Crippen LogP contribution in [0.5, 0.6) is 5.75 Å². The van der Waals surface area contributed by atoms with Gasteiger partial charge in [-0.15, -0.1) is 5.10 Å².